The van der Waals surface area contributed by atoms with Crippen molar-refractivity contribution in [2.75, 3.05) is 5.73 Å². The molecule has 0 atom stereocenters. The first-order chi connectivity index (χ1) is 9.08. The first-order valence-electron chi connectivity index (χ1n) is 5.26. The Labute approximate surface area is 123 Å². The molecule has 3 N–H and O–H groups in total. The van der Waals surface area contributed by atoms with Crippen LogP contribution in [0.3, 0.4) is 0 Å². The lowest BCUT2D eigenvalue weighted by atomic mass is 10.1. The van der Waals surface area contributed by atoms with E-state index in [1.54, 1.807) is 12.1 Å². The van der Waals surface area contributed by atoms with Crippen molar-refractivity contribution in [1.82, 2.24) is 19.6 Å². The highest BCUT2D eigenvalue weighted by Gasteiger charge is 2.16. The van der Waals surface area contributed by atoms with Gasteiger partial charge in [-0.05, 0) is 44.0 Å². The van der Waals surface area contributed by atoms with E-state index in [4.69, 9.17) is 5.73 Å². The number of aromatic nitrogens is 4. The molecule has 8 heteroatoms. The van der Waals surface area contributed by atoms with Gasteiger partial charge in [0, 0.05) is 11.3 Å². The van der Waals surface area contributed by atoms with E-state index in [2.05, 4.69) is 47.0 Å². The van der Waals surface area contributed by atoms with Crippen LogP contribution in [-0.4, -0.2) is 19.6 Å². The molecule has 6 nitrogen and oxygen atoms in total. The van der Waals surface area contributed by atoms with Crippen molar-refractivity contribution in [3.8, 4) is 11.3 Å². The van der Waals surface area contributed by atoms with E-state index >= 15 is 0 Å². The van der Waals surface area contributed by atoms with Crippen LogP contribution in [0.4, 0.5) is 5.69 Å². The van der Waals surface area contributed by atoms with Gasteiger partial charge in [-0.25, -0.2) is 19.3 Å². The maximum Gasteiger partial charge on any atom is 0.348 e. The van der Waals surface area contributed by atoms with Gasteiger partial charge in [0.15, 0.2) is 5.65 Å². The van der Waals surface area contributed by atoms with Crippen molar-refractivity contribution in [3.05, 3.63) is 44.0 Å². The van der Waals surface area contributed by atoms with E-state index in [0.717, 1.165) is 5.56 Å². The van der Waals surface area contributed by atoms with Crippen molar-refractivity contribution in [2.24, 2.45) is 0 Å². The van der Waals surface area contributed by atoms with Gasteiger partial charge >= 0.3 is 5.69 Å². The smallest absolute Gasteiger partial charge is 0.348 e. The van der Waals surface area contributed by atoms with Gasteiger partial charge in [-0.1, -0.05) is 12.1 Å². The zero-order chi connectivity index (χ0) is 13.6. The molecule has 2 aromatic heterocycles. The number of hydrogen-bond donors (Lipinski definition) is 2. The lowest BCUT2D eigenvalue weighted by Gasteiger charge is -2.03. The Morgan fingerprint density at radius 1 is 1.32 bits per heavy atom. The summed E-state index contributed by atoms with van der Waals surface area (Å²) in [5, 5.41) is 6.49. The molecule has 0 bridgehead atoms. The van der Waals surface area contributed by atoms with Gasteiger partial charge in [0.2, 0.25) is 0 Å². The molecule has 1 aromatic carbocycles. The number of anilines is 1. The van der Waals surface area contributed by atoms with Crippen LogP contribution < -0.4 is 11.4 Å². The first kappa shape index (κ1) is 12.4. The van der Waals surface area contributed by atoms with Crippen LogP contribution in [0.25, 0.3) is 16.9 Å². The predicted octanol–water partition coefficient (Wildman–Crippen LogP) is 2.19. The minimum absolute atomic E-state index is 0.368. The number of H-pyrrole nitrogens is 1. The summed E-state index contributed by atoms with van der Waals surface area (Å²) in [5.74, 6) is 0. The first-order valence-corrected chi connectivity index (χ1v) is 6.84. The number of imidazole rings is 1. The second kappa shape index (κ2) is 4.46. The Morgan fingerprint density at radius 2 is 2.11 bits per heavy atom. The second-order valence-corrected chi connectivity index (χ2v) is 5.36. The van der Waals surface area contributed by atoms with Crippen LogP contribution in [0.5, 0.6) is 0 Å². The Bertz CT molecular complexity index is 839. The monoisotopic (exact) mass is 383 g/mol. The largest absolute Gasteiger partial charge is 0.399 e. The van der Waals surface area contributed by atoms with Gasteiger partial charge in [0.25, 0.3) is 0 Å². The van der Waals surface area contributed by atoms with E-state index < -0.39 is 0 Å². The lowest BCUT2D eigenvalue weighted by Crippen LogP contribution is -2.18. The maximum absolute atomic E-state index is 11.8. The van der Waals surface area contributed by atoms with Crippen LogP contribution in [-0.2, 0) is 0 Å². The molecule has 2 heterocycles. The third-order valence-electron chi connectivity index (χ3n) is 2.62. The molecule has 3 aromatic rings. The topological polar surface area (TPSA) is 89.1 Å². The van der Waals surface area contributed by atoms with Crippen LogP contribution in [0.15, 0.2) is 38.3 Å². The highest BCUT2D eigenvalue weighted by Crippen LogP contribution is 2.28. The number of rotatable bonds is 1. The zero-order valence-electron chi connectivity index (χ0n) is 9.39. The predicted molar refractivity (Wildman–Crippen MR) is 78.9 cm³/mol. The van der Waals surface area contributed by atoms with Crippen molar-refractivity contribution in [1.29, 1.82) is 0 Å². The number of nitrogens with two attached hydrogens (primary N) is 1. The molecule has 0 saturated heterocycles. The molecule has 0 fully saturated rings. The molecular weight excluding hydrogens is 378 g/mol. The minimum atomic E-state index is -0.368. The summed E-state index contributed by atoms with van der Waals surface area (Å²) in [5.41, 5.74) is 7.80. The molecule has 0 saturated carbocycles. The summed E-state index contributed by atoms with van der Waals surface area (Å²) in [6.45, 7) is 0. The Hall–Kier alpha value is -1.67. The molecule has 0 spiro atoms. The zero-order valence-corrected chi connectivity index (χ0v) is 12.6. The third kappa shape index (κ3) is 1.96. The average molecular weight is 385 g/mol. The van der Waals surface area contributed by atoms with Gasteiger partial charge < -0.3 is 5.73 Å². The molecule has 0 amide bonds. The molecule has 3 rings (SSSR count). The Balaban J connectivity index is 2.40. The summed E-state index contributed by atoms with van der Waals surface area (Å²) in [6, 6.07) is 7.23. The van der Waals surface area contributed by atoms with Gasteiger partial charge in [-0.2, -0.15) is 5.10 Å². The fourth-order valence-electron chi connectivity index (χ4n) is 1.80. The normalized spacial score (nSPS) is 11.1. The maximum atomic E-state index is 11.8. The third-order valence-corrected chi connectivity index (χ3v) is 4.44. The van der Waals surface area contributed by atoms with Crippen molar-refractivity contribution in [3.63, 3.8) is 0 Å². The van der Waals surface area contributed by atoms with Gasteiger partial charge in [0.1, 0.15) is 14.9 Å². The van der Waals surface area contributed by atoms with Crippen LogP contribution in [0, 0.1) is 0 Å². The SMILES string of the molecule is Nc1cccc(-c2n[nH]c(=O)n3c(Br)c(Br)nc23)c1. The van der Waals surface area contributed by atoms with Gasteiger partial charge in [-0.3, -0.25) is 0 Å². The summed E-state index contributed by atoms with van der Waals surface area (Å²) >= 11 is 6.58. The molecule has 19 heavy (non-hydrogen) atoms. The van der Waals surface area contributed by atoms with Crippen LogP contribution >= 0.6 is 31.9 Å². The second-order valence-electron chi connectivity index (χ2n) is 3.86. The molecular formula is C11H7Br2N5O. The fraction of sp³-hybridized carbons (Fsp3) is 0. The van der Waals surface area contributed by atoms with E-state index in [9.17, 15) is 4.79 Å². The number of fused-ring (bicyclic) bond motifs is 1. The molecule has 0 aliphatic carbocycles. The quantitative estimate of drug-likeness (QED) is 0.629. The van der Waals surface area contributed by atoms with E-state index in [0.29, 0.717) is 26.2 Å². The number of benzene rings is 1. The van der Waals surface area contributed by atoms with Crippen molar-refractivity contribution in [2.45, 2.75) is 0 Å². The van der Waals surface area contributed by atoms with Crippen molar-refractivity contribution >= 4 is 43.2 Å². The number of nitrogens with one attached hydrogen (secondary N) is 1. The lowest BCUT2D eigenvalue weighted by molar-refractivity contribution is 0.881. The average Bonchev–Trinajstić information content (AvgIpc) is 2.67. The van der Waals surface area contributed by atoms with E-state index in [-0.39, 0.29) is 5.69 Å². The highest BCUT2D eigenvalue weighted by molar-refractivity contribution is 9.13. The molecule has 96 valence electrons. The fourth-order valence-corrected chi connectivity index (χ4v) is 2.56. The van der Waals surface area contributed by atoms with Gasteiger partial charge in [0.05, 0.1) is 0 Å². The summed E-state index contributed by atoms with van der Waals surface area (Å²) < 4.78 is 2.47. The molecule has 0 unspecified atom stereocenters. The Kier molecular flexibility index (Phi) is 2.90. The standard InChI is InChI=1S/C11H7Br2N5O/c12-8-9(13)18-10(15-8)7(16-17-11(18)19)5-2-1-3-6(14)4-5/h1-4H,14H2,(H,17,19). The molecule has 0 aliphatic rings. The summed E-state index contributed by atoms with van der Waals surface area (Å²) in [4.78, 5) is 16.1. The minimum Gasteiger partial charge on any atom is -0.399 e. The van der Waals surface area contributed by atoms with Crippen LogP contribution in [0.1, 0.15) is 0 Å². The summed E-state index contributed by atoms with van der Waals surface area (Å²) in [7, 11) is 0. The molecule has 0 radical (unpaired) electrons. The number of halogens is 2. The number of nitrogen functional groups attached to an aromatic ring is 1. The van der Waals surface area contributed by atoms with Gasteiger partial charge in [-0.15, -0.1) is 0 Å². The van der Waals surface area contributed by atoms with Crippen molar-refractivity contribution < 1.29 is 0 Å². The highest BCUT2D eigenvalue weighted by atomic mass is 79.9. The number of hydrogen-bond acceptors (Lipinski definition) is 4. The van der Waals surface area contributed by atoms with E-state index in [1.165, 1.54) is 4.40 Å². The number of nitrogens with zero attached hydrogens (tertiary/aromatic N) is 3. The molecule has 0 aliphatic heterocycles. The van der Waals surface area contributed by atoms with Crippen LogP contribution in [0.2, 0.25) is 0 Å². The number of aromatic amines is 1. The summed E-state index contributed by atoms with van der Waals surface area (Å²) in [6.07, 6.45) is 0. The Morgan fingerprint density at radius 3 is 2.84 bits per heavy atom. The van der Waals surface area contributed by atoms with E-state index in [1.807, 2.05) is 12.1 Å².